The highest BCUT2D eigenvalue weighted by Crippen LogP contribution is 2.27. The topological polar surface area (TPSA) is 29.3 Å². The van der Waals surface area contributed by atoms with E-state index in [0.717, 1.165) is 13.1 Å². The van der Waals surface area contributed by atoms with Crippen LogP contribution in [0.15, 0.2) is 29.6 Å². The maximum atomic E-state index is 5.88. The fourth-order valence-electron chi connectivity index (χ4n) is 2.50. The van der Waals surface area contributed by atoms with E-state index in [0.29, 0.717) is 12.0 Å². The molecule has 2 nitrogen and oxygen atoms in total. The van der Waals surface area contributed by atoms with Crippen LogP contribution < -0.4 is 5.73 Å². The van der Waals surface area contributed by atoms with Crippen molar-refractivity contribution in [3.8, 4) is 0 Å². The Labute approximate surface area is 113 Å². The van der Waals surface area contributed by atoms with Gasteiger partial charge in [-0.05, 0) is 35.4 Å². The van der Waals surface area contributed by atoms with E-state index in [-0.39, 0.29) is 0 Å². The first-order chi connectivity index (χ1) is 8.63. The average molecular weight is 262 g/mol. The molecular formula is C15H22N2S. The Morgan fingerprint density at radius 2 is 2.00 bits per heavy atom. The first-order valence-corrected chi connectivity index (χ1v) is 7.37. The van der Waals surface area contributed by atoms with Crippen LogP contribution in [-0.4, -0.2) is 24.5 Å². The Morgan fingerprint density at radius 3 is 2.67 bits per heavy atom. The van der Waals surface area contributed by atoms with Crippen LogP contribution in [0.5, 0.6) is 0 Å². The van der Waals surface area contributed by atoms with Crippen LogP contribution in [0.25, 0.3) is 10.1 Å². The van der Waals surface area contributed by atoms with E-state index in [1.165, 1.54) is 15.6 Å². The van der Waals surface area contributed by atoms with Crippen molar-refractivity contribution in [1.29, 1.82) is 0 Å². The van der Waals surface area contributed by atoms with Crippen molar-refractivity contribution in [1.82, 2.24) is 4.90 Å². The molecule has 0 saturated carbocycles. The minimum atomic E-state index is 0.448. The van der Waals surface area contributed by atoms with Crippen molar-refractivity contribution < 1.29 is 0 Å². The van der Waals surface area contributed by atoms with E-state index in [9.17, 15) is 0 Å². The van der Waals surface area contributed by atoms with Crippen molar-refractivity contribution in [2.45, 2.75) is 26.4 Å². The molecule has 0 spiro atoms. The monoisotopic (exact) mass is 262 g/mol. The van der Waals surface area contributed by atoms with Crippen LogP contribution in [0.2, 0.25) is 0 Å². The molecule has 1 heterocycles. The summed E-state index contributed by atoms with van der Waals surface area (Å²) in [6.45, 7) is 6.17. The molecular weight excluding hydrogens is 240 g/mol. The molecule has 2 N–H and O–H groups in total. The third-order valence-electron chi connectivity index (χ3n) is 3.56. The van der Waals surface area contributed by atoms with E-state index < -0.39 is 0 Å². The van der Waals surface area contributed by atoms with Crippen LogP contribution in [0.3, 0.4) is 0 Å². The maximum Gasteiger partial charge on any atom is 0.0346 e. The van der Waals surface area contributed by atoms with Crippen LogP contribution in [0.1, 0.15) is 19.4 Å². The van der Waals surface area contributed by atoms with Crippen LogP contribution in [0.4, 0.5) is 0 Å². The highest BCUT2D eigenvalue weighted by atomic mass is 32.1. The molecule has 0 radical (unpaired) electrons. The van der Waals surface area contributed by atoms with Gasteiger partial charge in [-0.3, -0.25) is 4.90 Å². The number of rotatable bonds is 5. The summed E-state index contributed by atoms with van der Waals surface area (Å²) < 4.78 is 1.37. The number of thiophene rings is 1. The minimum absolute atomic E-state index is 0.448. The number of hydrogen-bond donors (Lipinski definition) is 1. The average Bonchev–Trinajstić information content (AvgIpc) is 2.73. The molecule has 0 aliphatic carbocycles. The number of likely N-dealkylation sites (N-methyl/N-ethyl adjacent to an activating group) is 1. The zero-order chi connectivity index (χ0) is 13.1. The smallest absolute Gasteiger partial charge is 0.0346 e. The molecule has 0 saturated heterocycles. The van der Waals surface area contributed by atoms with Gasteiger partial charge in [-0.25, -0.2) is 0 Å². The zero-order valence-corrected chi connectivity index (χ0v) is 12.2. The van der Waals surface area contributed by atoms with Crippen molar-refractivity contribution in [3.05, 3.63) is 35.2 Å². The Hall–Kier alpha value is -0.900. The summed E-state index contributed by atoms with van der Waals surface area (Å²) in [4.78, 5) is 2.37. The van der Waals surface area contributed by atoms with Crippen molar-refractivity contribution in [2.24, 2.45) is 11.7 Å². The molecule has 1 aromatic carbocycles. The molecule has 3 heteroatoms. The number of nitrogens with two attached hydrogens (primary N) is 1. The second-order valence-electron chi connectivity index (χ2n) is 5.22. The standard InChI is InChI=1S/C15H22N2S/c1-11(2)14(8-16)17(3)9-12-10-18-15-7-5-4-6-13(12)15/h4-7,10-11,14H,8-9,16H2,1-3H3. The minimum Gasteiger partial charge on any atom is -0.329 e. The van der Waals surface area contributed by atoms with Gasteiger partial charge in [0.25, 0.3) is 0 Å². The van der Waals surface area contributed by atoms with Gasteiger partial charge in [0.2, 0.25) is 0 Å². The molecule has 0 amide bonds. The van der Waals surface area contributed by atoms with Crippen molar-refractivity contribution in [2.75, 3.05) is 13.6 Å². The van der Waals surface area contributed by atoms with Crippen molar-refractivity contribution in [3.63, 3.8) is 0 Å². The van der Waals surface area contributed by atoms with Gasteiger partial charge in [-0.15, -0.1) is 11.3 Å². The third kappa shape index (κ3) is 2.74. The molecule has 2 rings (SSSR count). The largest absolute Gasteiger partial charge is 0.329 e. The lowest BCUT2D eigenvalue weighted by Crippen LogP contribution is -2.41. The molecule has 0 fully saturated rings. The summed E-state index contributed by atoms with van der Waals surface area (Å²) in [6, 6.07) is 9.06. The molecule has 1 aromatic heterocycles. The Balaban J connectivity index is 2.18. The Morgan fingerprint density at radius 1 is 1.28 bits per heavy atom. The SMILES string of the molecule is CC(C)C(CN)N(C)Cc1csc2ccccc12. The summed E-state index contributed by atoms with van der Waals surface area (Å²) in [5.74, 6) is 0.588. The van der Waals surface area contributed by atoms with Gasteiger partial charge in [0.15, 0.2) is 0 Å². The second-order valence-corrected chi connectivity index (χ2v) is 6.13. The third-order valence-corrected chi connectivity index (χ3v) is 4.57. The summed E-state index contributed by atoms with van der Waals surface area (Å²) in [6.07, 6.45) is 0. The highest BCUT2D eigenvalue weighted by Gasteiger charge is 2.18. The summed E-state index contributed by atoms with van der Waals surface area (Å²) in [5.41, 5.74) is 7.29. The van der Waals surface area contributed by atoms with Crippen LogP contribution >= 0.6 is 11.3 Å². The lowest BCUT2D eigenvalue weighted by atomic mass is 10.0. The molecule has 0 aliphatic rings. The van der Waals surface area contributed by atoms with Gasteiger partial charge < -0.3 is 5.73 Å². The Bertz CT molecular complexity index is 504. The molecule has 18 heavy (non-hydrogen) atoms. The normalized spacial score (nSPS) is 13.7. The maximum absolute atomic E-state index is 5.88. The second kappa shape index (κ2) is 5.83. The first kappa shape index (κ1) is 13.5. The van der Waals surface area contributed by atoms with Gasteiger partial charge >= 0.3 is 0 Å². The number of fused-ring (bicyclic) bond motifs is 1. The van der Waals surface area contributed by atoms with E-state index >= 15 is 0 Å². The fraction of sp³-hybridized carbons (Fsp3) is 0.467. The lowest BCUT2D eigenvalue weighted by molar-refractivity contribution is 0.191. The van der Waals surface area contributed by atoms with E-state index in [1.807, 2.05) is 11.3 Å². The molecule has 1 unspecified atom stereocenters. The van der Waals surface area contributed by atoms with Gasteiger partial charge in [0, 0.05) is 23.8 Å². The van der Waals surface area contributed by atoms with Gasteiger partial charge in [0.05, 0.1) is 0 Å². The Kier molecular flexibility index (Phi) is 4.38. The molecule has 98 valence electrons. The number of benzene rings is 1. The lowest BCUT2D eigenvalue weighted by Gasteiger charge is -2.30. The predicted octanol–water partition coefficient (Wildman–Crippen LogP) is 3.32. The zero-order valence-electron chi connectivity index (χ0n) is 11.4. The van der Waals surface area contributed by atoms with Crippen LogP contribution in [0, 0.1) is 5.92 Å². The van der Waals surface area contributed by atoms with Crippen LogP contribution in [-0.2, 0) is 6.54 Å². The first-order valence-electron chi connectivity index (χ1n) is 6.49. The summed E-state index contributed by atoms with van der Waals surface area (Å²) in [7, 11) is 2.17. The summed E-state index contributed by atoms with van der Waals surface area (Å²) in [5, 5.41) is 3.66. The van der Waals surface area contributed by atoms with E-state index in [4.69, 9.17) is 5.73 Å². The van der Waals surface area contributed by atoms with Gasteiger partial charge in [0.1, 0.15) is 0 Å². The quantitative estimate of drug-likeness (QED) is 0.895. The highest BCUT2D eigenvalue weighted by molar-refractivity contribution is 7.17. The fourth-order valence-corrected chi connectivity index (χ4v) is 3.46. The van der Waals surface area contributed by atoms with Gasteiger partial charge in [-0.2, -0.15) is 0 Å². The van der Waals surface area contributed by atoms with Crippen molar-refractivity contribution >= 4 is 21.4 Å². The molecule has 1 atom stereocenters. The van der Waals surface area contributed by atoms with Gasteiger partial charge in [-0.1, -0.05) is 32.0 Å². The summed E-state index contributed by atoms with van der Waals surface area (Å²) >= 11 is 1.83. The number of hydrogen-bond acceptors (Lipinski definition) is 3. The van der Waals surface area contributed by atoms with E-state index in [1.54, 1.807) is 0 Å². The predicted molar refractivity (Wildman–Crippen MR) is 81.0 cm³/mol. The number of nitrogens with zero attached hydrogens (tertiary/aromatic N) is 1. The molecule has 0 bridgehead atoms. The molecule has 0 aliphatic heterocycles. The molecule has 2 aromatic rings. The van der Waals surface area contributed by atoms with E-state index in [2.05, 4.69) is 55.4 Å².